The molecule has 0 saturated heterocycles. The van der Waals surface area contributed by atoms with E-state index in [-0.39, 0.29) is 6.54 Å². The molecule has 7 heteroatoms. The van der Waals surface area contributed by atoms with Gasteiger partial charge >= 0.3 is 11.8 Å². The lowest BCUT2D eigenvalue weighted by molar-refractivity contribution is -0.136. The van der Waals surface area contributed by atoms with Crippen molar-refractivity contribution in [2.24, 2.45) is 0 Å². The Balaban J connectivity index is 1.60. The summed E-state index contributed by atoms with van der Waals surface area (Å²) in [6, 6.07) is 14.9. The van der Waals surface area contributed by atoms with Gasteiger partial charge in [0.2, 0.25) is 0 Å². The molecule has 1 heterocycles. The summed E-state index contributed by atoms with van der Waals surface area (Å²) < 4.78 is 1.62. The van der Waals surface area contributed by atoms with E-state index in [1.165, 1.54) is 6.33 Å². The number of para-hydroxylation sites is 1. The molecule has 3 rings (SSSR count). The van der Waals surface area contributed by atoms with Crippen LogP contribution in [0.1, 0.15) is 18.1 Å². The number of aryl methyl sites for hydroxylation is 1. The lowest BCUT2D eigenvalue weighted by Gasteiger charge is -2.10. The van der Waals surface area contributed by atoms with E-state index >= 15 is 0 Å². The monoisotopic (exact) mass is 349 g/mol. The maximum atomic E-state index is 12.1. The molecular formula is C19H19N5O2. The van der Waals surface area contributed by atoms with Crippen molar-refractivity contribution >= 4 is 17.5 Å². The van der Waals surface area contributed by atoms with Crippen LogP contribution in [-0.2, 0) is 22.6 Å². The lowest BCUT2D eigenvalue weighted by atomic mass is 10.1. The van der Waals surface area contributed by atoms with Crippen LogP contribution in [0, 0.1) is 0 Å². The third kappa shape index (κ3) is 4.13. The number of carbonyl (C=O) groups is 2. The summed E-state index contributed by atoms with van der Waals surface area (Å²) >= 11 is 0. The Morgan fingerprint density at radius 3 is 2.69 bits per heavy atom. The highest BCUT2D eigenvalue weighted by Gasteiger charge is 2.14. The van der Waals surface area contributed by atoms with Gasteiger partial charge in [0.1, 0.15) is 12.7 Å². The van der Waals surface area contributed by atoms with Gasteiger partial charge < -0.3 is 10.6 Å². The predicted molar refractivity (Wildman–Crippen MR) is 97.7 cm³/mol. The van der Waals surface area contributed by atoms with Gasteiger partial charge in [-0.2, -0.15) is 5.10 Å². The number of nitrogens with one attached hydrogen (secondary N) is 2. The highest BCUT2D eigenvalue weighted by molar-refractivity contribution is 6.39. The third-order valence-corrected chi connectivity index (χ3v) is 3.90. The molecule has 132 valence electrons. The quantitative estimate of drug-likeness (QED) is 0.690. The summed E-state index contributed by atoms with van der Waals surface area (Å²) in [6.07, 6.45) is 3.82. The first-order chi connectivity index (χ1) is 12.7. The van der Waals surface area contributed by atoms with Crippen molar-refractivity contribution in [3.8, 4) is 5.69 Å². The average molecular weight is 349 g/mol. The van der Waals surface area contributed by atoms with Crippen molar-refractivity contribution in [2.75, 3.05) is 5.32 Å². The van der Waals surface area contributed by atoms with E-state index in [0.717, 1.165) is 23.2 Å². The molecule has 0 aliphatic rings. The molecule has 0 bridgehead atoms. The van der Waals surface area contributed by atoms with Crippen molar-refractivity contribution in [3.63, 3.8) is 0 Å². The van der Waals surface area contributed by atoms with Crippen LogP contribution in [-0.4, -0.2) is 26.6 Å². The minimum absolute atomic E-state index is 0.240. The fourth-order valence-corrected chi connectivity index (χ4v) is 2.54. The Labute approximate surface area is 151 Å². The summed E-state index contributed by atoms with van der Waals surface area (Å²) in [6.45, 7) is 2.23. The second-order valence-electron chi connectivity index (χ2n) is 5.66. The van der Waals surface area contributed by atoms with E-state index in [4.69, 9.17) is 0 Å². The molecule has 0 spiro atoms. The highest BCUT2D eigenvalue weighted by atomic mass is 16.2. The van der Waals surface area contributed by atoms with Crippen molar-refractivity contribution in [3.05, 3.63) is 72.3 Å². The smallest absolute Gasteiger partial charge is 0.313 e. The van der Waals surface area contributed by atoms with Crippen LogP contribution in [0.2, 0.25) is 0 Å². The number of amides is 2. The molecule has 2 amide bonds. The summed E-state index contributed by atoms with van der Waals surface area (Å²) in [5.41, 5.74) is 3.32. The van der Waals surface area contributed by atoms with Gasteiger partial charge in [-0.3, -0.25) is 9.59 Å². The molecule has 2 aromatic carbocycles. The van der Waals surface area contributed by atoms with E-state index < -0.39 is 11.8 Å². The van der Waals surface area contributed by atoms with Gasteiger partial charge in [-0.05, 0) is 35.7 Å². The number of aromatic nitrogens is 3. The molecule has 3 aromatic rings. The highest BCUT2D eigenvalue weighted by Crippen LogP contribution is 2.15. The maximum Gasteiger partial charge on any atom is 0.313 e. The van der Waals surface area contributed by atoms with E-state index in [9.17, 15) is 9.59 Å². The Morgan fingerprint density at radius 2 is 1.92 bits per heavy atom. The number of benzene rings is 2. The number of nitrogens with zero attached hydrogens (tertiary/aromatic N) is 3. The maximum absolute atomic E-state index is 12.1. The van der Waals surface area contributed by atoms with Crippen LogP contribution >= 0.6 is 0 Å². The molecule has 0 atom stereocenters. The second kappa shape index (κ2) is 8.06. The van der Waals surface area contributed by atoms with E-state index in [2.05, 4.69) is 20.7 Å². The minimum atomic E-state index is -0.682. The minimum Gasteiger partial charge on any atom is -0.344 e. The van der Waals surface area contributed by atoms with Crippen molar-refractivity contribution in [1.29, 1.82) is 0 Å². The van der Waals surface area contributed by atoms with Gasteiger partial charge in [0.05, 0.1) is 5.69 Å². The lowest BCUT2D eigenvalue weighted by Crippen LogP contribution is -2.35. The van der Waals surface area contributed by atoms with Crippen molar-refractivity contribution in [2.45, 2.75) is 19.9 Å². The first-order valence-electron chi connectivity index (χ1n) is 8.28. The van der Waals surface area contributed by atoms with Gasteiger partial charge in [0.25, 0.3) is 0 Å². The number of hydrogen-bond donors (Lipinski definition) is 2. The molecule has 7 nitrogen and oxygen atoms in total. The second-order valence-corrected chi connectivity index (χ2v) is 5.66. The van der Waals surface area contributed by atoms with Crippen LogP contribution in [0.5, 0.6) is 0 Å². The summed E-state index contributed by atoms with van der Waals surface area (Å²) in [4.78, 5) is 28.1. The number of carbonyl (C=O) groups excluding carboxylic acids is 2. The Kier molecular flexibility index (Phi) is 5.38. The first kappa shape index (κ1) is 17.3. The Hall–Kier alpha value is -3.48. The number of rotatable bonds is 5. The van der Waals surface area contributed by atoms with Gasteiger partial charge in [-0.15, -0.1) is 0 Å². The SMILES string of the molecule is CCc1ccccc1NC(=O)C(=O)NCc1cccc(-n2cncn2)c1. The molecule has 0 aliphatic heterocycles. The van der Waals surface area contributed by atoms with Crippen LogP contribution in [0.15, 0.2) is 61.2 Å². The zero-order valence-corrected chi connectivity index (χ0v) is 14.3. The van der Waals surface area contributed by atoms with E-state index in [1.807, 2.05) is 49.4 Å². The molecule has 26 heavy (non-hydrogen) atoms. The van der Waals surface area contributed by atoms with Crippen molar-refractivity contribution < 1.29 is 9.59 Å². The molecule has 0 aliphatic carbocycles. The molecule has 0 saturated carbocycles. The van der Waals surface area contributed by atoms with Crippen molar-refractivity contribution in [1.82, 2.24) is 20.1 Å². The molecule has 2 N–H and O–H groups in total. The zero-order valence-electron chi connectivity index (χ0n) is 14.3. The predicted octanol–water partition coefficient (Wildman–Crippen LogP) is 2.08. The molecule has 0 fully saturated rings. The summed E-state index contributed by atoms with van der Waals surface area (Å²) in [7, 11) is 0. The van der Waals surface area contributed by atoms with E-state index in [0.29, 0.717) is 5.69 Å². The largest absolute Gasteiger partial charge is 0.344 e. The third-order valence-electron chi connectivity index (χ3n) is 3.90. The fraction of sp³-hybridized carbons (Fsp3) is 0.158. The Bertz CT molecular complexity index is 906. The van der Waals surface area contributed by atoms with Gasteiger partial charge in [0.15, 0.2) is 0 Å². The summed E-state index contributed by atoms with van der Waals surface area (Å²) in [5, 5.41) is 9.36. The molecule has 1 aromatic heterocycles. The van der Waals surface area contributed by atoms with Crippen LogP contribution in [0.3, 0.4) is 0 Å². The number of anilines is 1. The standard InChI is InChI=1S/C19H19N5O2/c1-2-15-7-3-4-9-17(15)23-19(26)18(25)21-11-14-6-5-8-16(10-14)24-13-20-12-22-24/h3-10,12-13H,2,11H2,1H3,(H,21,25)(H,23,26). The fourth-order valence-electron chi connectivity index (χ4n) is 2.54. The van der Waals surface area contributed by atoms with Crippen LogP contribution in [0.4, 0.5) is 5.69 Å². The van der Waals surface area contributed by atoms with Gasteiger partial charge in [0, 0.05) is 12.2 Å². The van der Waals surface area contributed by atoms with Crippen LogP contribution in [0.25, 0.3) is 5.69 Å². The zero-order chi connectivity index (χ0) is 18.4. The number of hydrogen-bond acceptors (Lipinski definition) is 4. The first-order valence-corrected chi connectivity index (χ1v) is 8.28. The molecular weight excluding hydrogens is 330 g/mol. The van der Waals surface area contributed by atoms with Gasteiger partial charge in [-0.1, -0.05) is 37.3 Å². The average Bonchev–Trinajstić information content (AvgIpc) is 3.21. The van der Waals surface area contributed by atoms with E-state index in [1.54, 1.807) is 17.1 Å². The normalized spacial score (nSPS) is 10.3. The Morgan fingerprint density at radius 1 is 1.08 bits per heavy atom. The topological polar surface area (TPSA) is 88.9 Å². The van der Waals surface area contributed by atoms with Crippen LogP contribution < -0.4 is 10.6 Å². The van der Waals surface area contributed by atoms with Gasteiger partial charge in [-0.25, -0.2) is 9.67 Å². The molecule has 0 unspecified atom stereocenters. The summed E-state index contributed by atoms with van der Waals surface area (Å²) in [5.74, 6) is -1.36. The molecule has 0 radical (unpaired) electrons.